The van der Waals surface area contributed by atoms with Crippen LogP contribution in [0.4, 0.5) is 5.69 Å². The molecule has 10 nitrogen and oxygen atoms in total. The highest BCUT2D eigenvalue weighted by atomic mass is 16.6. The molecule has 0 fully saturated rings. The molecule has 0 atom stereocenters. The summed E-state index contributed by atoms with van der Waals surface area (Å²) >= 11 is 0. The predicted molar refractivity (Wildman–Crippen MR) is 101 cm³/mol. The number of benzene rings is 2. The Morgan fingerprint density at radius 3 is 2.25 bits per heavy atom. The van der Waals surface area contributed by atoms with Crippen LogP contribution in [-0.2, 0) is 0 Å². The van der Waals surface area contributed by atoms with Crippen molar-refractivity contribution >= 4 is 17.8 Å². The minimum Gasteiger partial charge on any atom is -0.497 e. The molecule has 0 unspecified atom stereocenters. The van der Waals surface area contributed by atoms with Crippen molar-refractivity contribution in [2.24, 2.45) is 5.10 Å². The number of hydrogen-bond acceptors (Lipinski definition) is 8. The first-order valence-electron chi connectivity index (χ1n) is 7.91. The van der Waals surface area contributed by atoms with Crippen molar-refractivity contribution in [3.05, 3.63) is 51.6 Å². The fraction of sp³-hybridized carbons (Fsp3) is 0.222. The lowest BCUT2D eigenvalue weighted by Crippen LogP contribution is -2.18. The summed E-state index contributed by atoms with van der Waals surface area (Å²) in [6.45, 7) is 0. The highest BCUT2D eigenvalue weighted by Crippen LogP contribution is 2.33. The van der Waals surface area contributed by atoms with Gasteiger partial charge in [-0.25, -0.2) is 5.43 Å². The molecule has 2 aromatic carbocycles. The summed E-state index contributed by atoms with van der Waals surface area (Å²) in [5.41, 5.74) is 2.62. The van der Waals surface area contributed by atoms with Gasteiger partial charge in [-0.15, -0.1) is 0 Å². The third kappa shape index (κ3) is 4.47. The maximum Gasteiger partial charge on any atom is 0.311 e. The fourth-order valence-electron chi connectivity index (χ4n) is 2.36. The molecule has 0 aliphatic rings. The average Bonchev–Trinajstić information content (AvgIpc) is 2.72. The van der Waals surface area contributed by atoms with Crippen LogP contribution in [-0.4, -0.2) is 45.5 Å². The Labute approximate surface area is 160 Å². The van der Waals surface area contributed by atoms with Crippen molar-refractivity contribution in [2.45, 2.75) is 0 Å². The van der Waals surface area contributed by atoms with Crippen molar-refractivity contribution in [1.29, 1.82) is 0 Å². The molecule has 1 N–H and O–H groups in total. The maximum atomic E-state index is 12.3. The van der Waals surface area contributed by atoms with E-state index in [1.54, 1.807) is 12.1 Å². The Balaban J connectivity index is 2.26. The second-order valence-electron chi connectivity index (χ2n) is 5.29. The van der Waals surface area contributed by atoms with Gasteiger partial charge in [0, 0.05) is 23.8 Å². The van der Waals surface area contributed by atoms with Gasteiger partial charge in [-0.2, -0.15) is 5.10 Å². The van der Waals surface area contributed by atoms with Crippen LogP contribution in [0, 0.1) is 10.1 Å². The van der Waals surface area contributed by atoms with Crippen LogP contribution in [0.15, 0.2) is 35.4 Å². The first-order valence-corrected chi connectivity index (χ1v) is 7.91. The molecule has 0 saturated heterocycles. The van der Waals surface area contributed by atoms with Crippen molar-refractivity contribution in [2.75, 3.05) is 28.4 Å². The minimum atomic E-state index is -0.587. The second kappa shape index (κ2) is 9.21. The first kappa shape index (κ1) is 20.5. The zero-order chi connectivity index (χ0) is 20.7. The molecule has 0 heterocycles. The number of carbonyl (C=O) groups excluding carboxylic acids is 1. The van der Waals surface area contributed by atoms with Crippen LogP contribution in [0.5, 0.6) is 23.0 Å². The molecule has 28 heavy (non-hydrogen) atoms. The van der Waals surface area contributed by atoms with E-state index in [4.69, 9.17) is 18.9 Å². The van der Waals surface area contributed by atoms with E-state index in [9.17, 15) is 14.9 Å². The molecule has 0 bridgehead atoms. The van der Waals surface area contributed by atoms with E-state index >= 15 is 0 Å². The Hall–Kier alpha value is -3.82. The largest absolute Gasteiger partial charge is 0.497 e. The number of carbonyl (C=O) groups is 1. The summed E-state index contributed by atoms with van der Waals surface area (Å²) in [5, 5.41) is 15.0. The van der Waals surface area contributed by atoms with E-state index in [1.165, 1.54) is 52.9 Å². The molecular formula is C18H19N3O7. The van der Waals surface area contributed by atoms with Gasteiger partial charge in [-0.3, -0.25) is 14.9 Å². The Morgan fingerprint density at radius 1 is 1.00 bits per heavy atom. The van der Waals surface area contributed by atoms with Gasteiger partial charge in [-0.05, 0) is 12.1 Å². The molecule has 0 aliphatic heterocycles. The number of ether oxygens (including phenoxy) is 4. The molecule has 1 amide bonds. The molecule has 148 valence electrons. The Bertz CT molecular complexity index is 912. The summed E-state index contributed by atoms with van der Waals surface area (Å²) in [7, 11) is 5.65. The van der Waals surface area contributed by atoms with Gasteiger partial charge in [0.2, 0.25) is 5.75 Å². The molecule has 0 spiro atoms. The van der Waals surface area contributed by atoms with Crippen LogP contribution in [0.25, 0.3) is 0 Å². The smallest absolute Gasteiger partial charge is 0.311 e. The molecule has 10 heteroatoms. The number of hydrazone groups is 1. The summed E-state index contributed by atoms with van der Waals surface area (Å²) in [6.07, 6.45) is 1.24. The van der Waals surface area contributed by atoms with Gasteiger partial charge < -0.3 is 18.9 Å². The van der Waals surface area contributed by atoms with Crippen LogP contribution < -0.4 is 24.4 Å². The standard InChI is InChI=1S/C18H19N3O7/c1-25-12-5-6-13(16(8-12)27-3)18(22)20-19-10-11-7-14(21(23)24)17(28-4)9-15(11)26-2/h5-10H,1-4H3,(H,20,22). The van der Waals surface area contributed by atoms with E-state index in [-0.39, 0.29) is 22.6 Å². The highest BCUT2D eigenvalue weighted by Gasteiger charge is 2.19. The molecule has 0 aliphatic carbocycles. The van der Waals surface area contributed by atoms with Gasteiger partial charge in [0.1, 0.15) is 17.2 Å². The normalized spacial score (nSPS) is 10.4. The van der Waals surface area contributed by atoms with Gasteiger partial charge in [-0.1, -0.05) is 0 Å². The third-order valence-electron chi connectivity index (χ3n) is 3.75. The summed E-state index contributed by atoms with van der Waals surface area (Å²) < 4.78 is 20.4. The topological polar surface area (TPSA) is 122 Å². The molecular weight excluding hydrogens is 370 g/mol. The SMILES string of the molecule is COc1ccc(C(=O)NN=Cc2cc([N+](=O)[O-])c(OC)cc2OC)c(OC)c1. The van der Waals surface area contributed by atoms with E-state index in [0.717, 1.165) is 0 Å². The van der Waals surface area contributed by atoms with Crippen LogP contribution in [0.3, 0.4) is 0 Å². The monoisotopic (exact) mass is 389 g/mol. The van der Waals surface area contributed by atoms with Gasteiger partial charge in [0.05, 0.1) is 45.1 Å². The molecule has 0 saturated carbocycles. The second-order valence-corrected chi connectivity index (χ2v) is 5.29. The number of nitro groups is 1. The number of nitrogens with one attached hydrogen (secondary N) is 1. The van der Waals surface area contributed by atoms with Gasteiger partial charge >= 0.3 is 5.69 Å². The lowest BCUT2D eigenvalue weighted by Gasteiger charge is -2.09. The number of amides is 1. The van der Waals surface area contributed by atoms with Crippen molar-refractivity contribution in [1.82, 2.24) is 5.43 Å². The van der Waals surface area contributed by atoms with E-state index in [1.807, 2.05) is 0 Å². The zero-order valence-corrected chi connectivity index (χ0v) is 15.7. The quantitative estimate of drug-likeness (QED) is 0.418. The van der Waals surface area contributed by atoms with Crippen molar-refractivity contribution in [3.63, 3.8) is 0 Å². The van der Waals surface area contributed by atoms with Gasteiger partial charge in [0.25, 0.3) is 5.91 Å². The molecule has 0 aromatic heterocycles. The Kier molecular flexibility index (Phi) is 6.74. The molecule has 2 rings (SSSR count). The lowest BCUT2D eigenvalue weighted by molar-refractivity contribution is -0.385. The molecule has 0 radical (unpaired) electrons. The fourth-order valence-corrected chi connectivity index (χ4v) is 2.36. The zero-order valence-electron chi connectivity index (χ0n) is 15.7. The van der Waals surface area contributed by atoms with Crippen LogP contribution in [0.1, 0.15) is 15.9 Å². The van der Waals surface area contributed by atoms with Crippen LogP contribution in [0.2, 0.25) is 0 Å². The average molecular weight is 389 g/mol. The van der Waals surface area contributed by atoms with Gasteiger partial charge in [0.15, 0.2) is 0 Å². The van der Waals surface area contributed by atoms with E-state index in [2.05, 4.69) is 10.5 Å². The Morgan fingerprint density at radius 2 is 1.68 bits per heavy atom. The summed E-state index contributed by atoms with van der Waals surface area (Å²) in [4.78, 5) is 22.9. The van der Waals surface area contributed by atoms with E-state index in [0.29, 0.717) is 17.2 Å². The van der Waals surface area contributed by atoms with Crippen molar-refractivity contribution < 1.29 is 28.7 Å². The molecule has 2 aromatic rings. The predicted octanol–water partition coefficient (Wildman–Crippen LogP) is 2.39. The summed E-state index contributed by atoms with van der Waals surface area (Å²) in [5.74, 6) is 0.656. The van der Waals surface area contributed by atoms with Crippen LogP contribution >= 0.6 is 0 Å². The number of methoxy groups -OCH3 is 4. The number of hydrogen-bond donors (Lipinski definition) is 1. The highest BCUT2D eigenvalue weighted by molar-refractivity contribution is 5.98. The maximum absolute atomic E-state index is 12.3. The van der Waals surface area contributed by atoms with E-state index < -0.39 is 10.8 Å². The third-order valence-corrected chi connectivity index (χ3v) is 3.75. The lowest BCUT2D eigenvalue weighted by atomic mass is 10.1. The number of nitrogens with zero attached hydrogens (tertiary/aromatic N) is 2. The first-order chi connectivity index (χ1) is 13.4. The summed E-state index contributed by atoms with van der Waals surface area (Å²) in [6, 6.07) is 7.31. The van der Waals surface area contributed by atoms with Crippen molar-refractivity contribution in [3.8, 4) is 23.0 Å². The number of nitro benzene ring substituents is 1. The minimum absolute atomic E-state index is 0.0472. The number of rotatable bonds is 8.